The van der Waals surface area contributed by atoms with Crippen LogP contribution in [0, 0.1) is 22.1 Å². The molecule has 0 unspecified atom stereocenters. The number of aryl methyl sites for hydroxylation is 1. The maximum Gasteiger partial charge on any atom is 0.320 e. The molecule has 0 saturated carbocycles. The summed E-state index contributed by atoms with van der Waals surface area (Å²) in [5.41, 5.74) is -0.466. The zero-order valence-corrected chi connectivity index (χ0v) is 10.1. The number of aromatic nitrogens is 2. The number of alkyl halides is 2. The van der Waals surface area contributed by atoms with Crippen molar-refractivity contribution >= 4 is 33.6 Å². The monoisotopic (exact) mass is 344 g/mol. The molecule has 86 valence electrons. The molecule has 16 heavy (non-hydrogen) atoms. The summed E-state index contributed by atoms with van der Waals surface area (Å²) < 4.78 is 52.3. The summed E-state index contributed by atoms with van der Waals surface area (Å²) in [6, 6.07) is 0.867. The number of benzene rings is 1. The first-order chi connectivity index (χ1) is 7.43. The van der Waals surface area contributed by atoms with Crippen molar-refractivity contribution in [2.45, 2.75) is 13.5 Å². The van der Waals surface area contributed by atoms with Gasteiger partial charge in [-0.15, -0.1) is 0 Å². The van der Waals surface area contributed by atoms with Gasteiger partial charge in [0.15, 0.2) is 5.82 Å². The SMILES string of the molecule is Cc1nc2c(F)c(I)c(F)cc2n1C(F)F. The molecule has 7 heteroatoms. The number of halogens is 5. The second-order valence-corrected chi connectivity index (χ2v) is 4.24. The van der Waals surface area contributed by atoms with Gasteiger partial charge < -0.3 is 0 Å². The van der Waals surface area contributed by atoms with Gasteiger partial charge in [-0.2, -0.15) is 8.78 Å². The molecule has 0 fully saturated rings. The Kier molecular flexibility index (Phi) is 2.81. The van der Waals surface area contributed by atoms with Crippen LogP contribution in [0.15, 0.2) is 6.07 Å². The van der Waals surface area contributed by atoms with Crippen LogP contribution in [0.3, 0.4) is 0 Å². The highest BCUT2D eigenvalue weighted by molar-refractivity contribution is 14.1. The van der Waals surface area contributed by atoms with Crippen LogP contribution in [-0.4, -0.2) is 9.55 Å². The Labute approximate surface area is 101 Å². The molecule has 1 heterocycles. The van der Waals surface area contributed by atoms with Crippen LogP contribution < -0.4 is 0 Å². The van der Waals surface area contributed by atoms with E-state index < -0.39 is 18.2 Å². The van der Waals surface area contributed by atoms with E-state index in [2.05, 4.69) is 4.98 Å². The molecule has 0 saturated heterocycles. The Bertz CT molecular complexity index is 564. The summed E-state index contributed by atoms with van der Waals surface area (Å²) >= 11 is 1.47. The molecule has 0 aliphatic rings. The van der Waals surface area contributed by atoms with E-state index in [4.69, 9.17) is 0 Å². The van der Waals surface area contributed by atoms with Crippen molar-refractivity contribution in [3.8, 4) is 0 Å². The highest BCUT2D eigenvalue weighted by Crippen LogP contribution is 2.28. The lowest BCUT2D eigenvalue weighted by Crippen LogP contribution is -2.01. The summed E-state index contributed by atoms with van der Waals surface area (Å²) in [6.07, 6.45) is 0. The van der Waals surface area contributed by atoms with E-state index >= 15 is 0 Å². The van der Waals surface area contributed by atoms with Crippen molar-refractivity contribution in [3.63, 3.8) is 0 Å². The van der Waals surface area contributed by atoms with Gasteiger partial charge in [0.25, 0.3) is 0 Å². The fourth-order valence-corrected chi connectivity index (χ4v) is 1.91. The zero-order valence-electron chi connectivity index (χ0n) is 7.94. The van der Waals surface area contributed by atoms with E-state index in [1.165, 1.54) is 29.5 Å². The number of fused-ring (bicyclic) bond motifs is 1. The van der Waals surface area contributed by atoms with Gasteiger partial charge in [0, 0.05) is 6.07 Å². The van der Waals surface area contributed by atoms with E-state index in [0.29, 0.717) is 4.57 Å². The van der Waals surface area contributed by atoms with E-state index in [-0.39, 0.29) is 20.4 Å². The van der Waals surface area contributed by atoms with Gasteiger partial charge in [0.2, 0.25) is 0 Å². The molecular weight excluding hydrogens is 339 g/mol. The maximum atomic E-state index is 13.5. The van der Waals surface area contributed by atoms with Crippen LogP contribution in [-0.2, 0) is 0 Å². The second kappa shape index (κ2) is 3.86. The van der Waals surface area contributed by atoms with Crippen LogP contribution in [0.4, 0.5) is 17.6 Å². The molecule has 0 spiro atoms. The van der Waals surface area contributed by atoms with Gasteiger partial charge in [0.05, 0.1) is 9.09 Å². The lowest BCUT2D eigenvalue weighted by atomic mass is 10.3. The number of imidazole rings is 1. The van der Waals surface area contributed by atoms with Gasteiger partial charge in [0.1, 0.15) is 17.2 Å². The minimum absolute atomic E-state index is 0.0506. The highest BCUT2D eigenvalue weighted by Gasteiger charge is 2.21. The third-order valence-electron chi connectivity index (χ3n) is 2.19. The van der Waals surface area contributed by atoms with E-state index in [1.54, 1.807) is 0 Å². The summed E-state index contributed by atoms with van der Waals surface area (Å²) in [7, 11) is 0. The lowest BCUT2D eigenvalue weighted by molar-refractivity contribution is 0.0724. The Morgan fingerprint density at radius 2 is 2.00 bits per heavy atom. The molecule has 2 nitrogen and oxygen atoms in total. The molecule has 2 aromatic rings. The predicted molar refractivity (Wildman–Crippen MR) is 58.4 cm³/mol. The smallest absolute Gasteiger partial charge is 0.270 e. The van der Waals surface area contributed by atoms with Crippen LogP contribution in [0.5, 0.6) is 0 Å². The Morgan fingerprint density at radius 3 is 2.56 bits per heavy atom. The second-order valence-electron chi connectivity index (χ2n) is 3.16. The third kappa shape index (κ3) is 1.57. The lowest BCUT2D eigenvalue weighted by Gasteiger charge is -2.04. The molecule has 0 radical (unpaired) electrons. The van der Waals surface area contributed by atoms with E-state index in [0.717, 1.165) is 6.07 Å². The first-order valence-electron chi connectivity index (χ1n) is 4.23. The summed E-state index contributed by atoms with van der Waals surface area (Å²) in [5.74, 6) is -1.82. The van der Waals surface area contributed by atoms with Crippen molar-refractivity contribution in [1.29, 1.82) is 0 Å². The molecule has 1 aromatic heterocycles. The van der Waals surface area contributed by atoms with Gasteiger partial charge in [-0.3, -0.25) is 4.57 Å². The van der Waals surface area contributed by atoms with Gasteiger partial charge in [-0.1, -0.05) is 0 Å². The maximum absolute atomic E-state index is 13.5. The predicted octanol–water partition coefficient (Wildman–Crippen LogP) is 3.62. The van der Waals surface area contributed by atoms with Gasteiger partial charge in [-0.25, -0.2) is 13.8 Å². The minimum atomic E-state index is -2.87. The Morgan fingerprint density at radius 1 is 1.38 bits per heavy atom. The van der Waals surface area contributed by atoms with Crippen LogP contribution in [0.2, 0.25) is 0 Å². The topological polar surface area (TPSA) is 17.8 Å². The normalized spacial score (nSPS) is 11.7. The van der Waals surface area contributed by atoms with Crippen LogP contribution in [0.25, 0.3) is 11.0 Å². The van der Waals surface area contributed by atoms with Crippen molar-refractivity contribution in [3.05, 3.63) is 27.1 Å². The minimum Gasteiger partial charge on any atom is -0.270 e. The van der Waals surface area contributed by atoms with Gasteiger partial charge >= 0.3 is 6.55 Å². The summed E-state index contributed by atoms with van der Waals surface area (Å²) in [5, 5.41) is 0. The van der Waals surface area contributed by atoms with E-state index in [1.807, 2.05) is 0 Å². The molecule has 0 N–H and O–H groups in total. The van der Waals surface area contributed by atoms with Crippen molar-refractivity contribution in [2.24, 2.45) is 0 Å². The van der Waals surface area contributed by atoms with E-state index in [9.17, 15) is 17.6 Å². The standard InChI is InChI=1S/C9H5F4IN2/c1-3-15-8-5(16(3)9(12)13)2-4(10)7(14)6(8)11/h2,9H,1H3. The van der Waals surface area contributed by atoms with Crippen molar-refractivity contribution < 1.29 is 17.6 Å². The largest absolute Gasteiger partial charge is 0.320 e. The fourth-order valence-electron chi connectivity index (χ4n) is 1.50. The third-order valence-corrected chi connectivity index (χ3v) is 3.18. The highest BCUT2D eigenvalue weighted by atomic mass is 127. The summed E-state index contributed by atoms with van der Waals surface area (Å²) in [6.45, 7) is -1.56. The molecule has 2 rings (SSSR count). The van der Waals surface area contributed by atoms with Crippen molar-refractivity contribution in [1.82, 2.24) is 9.55 Å². The Balaban J connectivity index is 2.91. The quantitative estimate of drug-likeness (QED) is 0.439. The van der Waals surface area contributed by atoms with Crippen LogP contribution >= 0.6 is 22.6 Å². The average Bonchev–Trinajstić information content (AvgIpc) is 2.51. The number of nitrogens with zero attached hydrogens (tertiary/aromatic N) is 2. The molecule has 1 aromatic carbocycles. The fraction of sp³-hybridized carbons (Fsp3) is 0.222. The van der Waals surface area contributed by atoms with Crippen LogP contribution in [0.1, 0.15) is 12.4 Å². The first-order valence-corrected chi connectivity index (χ1v) is 5.31. The number of hydrogen-bond acceptors (Lipinski definition) is 1. The summed E-state index contributed by atoms with van der Waals surface area (Å²) in [4.78, 5) is 3.67. The Hall–Kier alpha value is -0.860. The molecular formula is C9H5F4IN2. The molecule has 0 aliphatic heterocycles. The van der Waals surface area contributed by atoms with Crippen molar-refractivity contribution in [2.75, 3.05) is 0 Å². The number of rotatable bonds is 1. The number of hydrogen-bond donors (Lipinski definition) is 0. The van der Waals surface area contributed by atoms with Gasteiger partial charge in [-0.05, 0) is 29.5 Å². The molecule has 0 aliphatic carbocycles. The average molecular weight is 344 g/mol. The molecule has 0 amide bonds. The first kappa shape index (κ1) is 11.6. The molecule has 0 atom stereocenters. The molecule has 0 bridgehead atoms. The zero-order chi connectivity index (χ0) is 12.0.